The van der Waals surface area contributed by atoms with E-state index in [1.807, 2.05) is 0 Å². The molecule has 0 saturated heterocycles. The van der Waals surface area contributed by atoms with Crippen molar-refractivity contribution in [3.05, 3.63) is 71.6 Å². The average Bonchev–Trinajstić information content (AvgIpc) is 2.98. The molecule has 3 rings (SSSR count). The summed E-state index contributed by atoms with van der Waals surface area (Å²) in [5.41, 5.74) is -1.62. The number of rotatable bonds is 4. The van der Waals surface area contributed by atoms with Gasteiger partial charge in [0.2, 0.25) is 5.95 Å². The Hall–Kier alpha value is -3.30. The van der Waals surface area contributed by atoms with Crippen LogP contribution in [0.25, 0.3) is 11.1 Å². The van der Waals surface area contributed by atoms with Crippen LogP contribution >= 0.6 is 0 Å². The molecule has 10 heteroatoms. The minimum atomic E-state index is -3.41. The van der Waals surface area contributed by atoms with Gasteiger partial charge in [-0.25, -0.2) is 22.8 Å². The Morgan fingerprint density at radius 1 is 1.07 bits per heavy atom. The van der Waals surface area contributed by atoms with Gasteiger partial charge < -0.3 is 0 Å². The molecule has 0 unspecified atom stereocenters. The number of anilines is 1. The van der Waals surface area contributed by atoms with E-state index >= 15 is 0 Å². The summed E-state index contributed by atoms with van der Waals surface area (Å²) in [5, 5.41) is 3.49. The predicted octanol–water partition coefficient (Wildman–Crippen LogP) is 4.51. The number of aromatic nitrogens is 2. The maximum atomic E-state index is 14.0. The number of hydrogen-bond acceptors (Lipinski definition) is 2. The SMILES string of the molecule is Cn1ncc(C(=O)N(c2ccccc2-c2cc(F)c(F)c(F)c2)C(F)F)c1F. The van der Waals surface area contributed by atoms with E-state index < -0.39 is 47.1 Å². The number of carbonyl (C=O) groups excluding carboxylic acids is 1. The zero-order chi connectivity index (χ0) is 20.6. The van der Waals surface area contributed by atoms with Crippen LogP contribution in [0.1, 0.15) is 10.4 Å². The van der Waals surface area contributed by atoms with Crippen molar-refractivity contribution in [1.82, 2.24) is 9.78 Å². The summed E-state index contributed by atoms with van der Waals surface area (Å²) in [6.07, 6.45) is 0.785. The first-order chi connectivity index (χ1) is 13.2. The van der Waals surface area contributed by atoms with Gasteiger partial charge >= 0.3 is 6.55 Å². The number of benzene rings is 2. The summed E-state index contributed by atoms with van der Waals surface area (Å²) in [4.78, 5) is 12.5. The zero-order valence-electron chi connectivity index (χ0n) is 14.1. The lowest BCUT2D eigenvalue weighted by molar-refractivity contribution is 0.0835. The molecule has 3 aromatic rings. The number of para-hydroxylation sites is 1. The quantitative estimate of drug-likeness (QED) is 0.368. The van der Waals surface area contributed by atoms with Crippen molar-refractivity contribution < 1.29 is 31.1 Å². The molecule has 0 bridgehead atoms. The van der Waals surface area contributed by atoms with E-state index in [2.05, 4.69) is 5.10 Å². The van der Waals surface area contributed by atoms with Crippen LogP contribution in [0.15, 0.2) is 42.6 Å². The summed E-state index contributed by atoms with van der Waals surface area (Å²) in [6, 6.07) is 6.19. The number of aryl methyl sites for hydroxylation is 1. The fraction of sp³-hybridized carbons (Fsp3) is 0.111. The molecule has 0 atom stereocenters. The van der Waals surface area contributed by atoms with Crippen molar-refractivity contribution in [3.8, 4) is 11.1 Å². The highest BCUT2D eigenvalue weighted by Crippen LogP contribution is 2.35. The van der Waals surface area contributed by atoms with E-state index in [1.165, 1.54) is 25.2 Å². The maximum absolute atomic E-state index is 14.0. The Labute approximate surface area is 154 Å². The lowest BCUT2D eigenvalue weighted by atomic mass is 10.0. The van der Waals surface area contributed by atoms with Gasteiger partial charge in [-0.15, -0.1) is 0 Å². The standard InChI is InChI=1S/C18H11F6N3O/c1-26-16(22)11(8-25-26)17(28)27(18(23)24)14-5-3-2-4-10(14)9-6-12(19)15(21)13(20)7-9/h2-8,18H,1H3. The summed E-state index contributed by atoms with van der Waals surface area (Å²) < 4.78 is 82.5. The van der Waals surface area contributed by atoms with Crippen LogP contribution in [-0.2, 0) is 7.05 Å². The van der Waals surface area contributed by atoms with Gasteiger partial charge in [-0.1, -0.05) is 18.2 Å². The van der Waals surface area contributed by atoms with Crippen molar-refractivity contribution in [3.63, 3.8) is 0 Å². The molecule has 146 valence electrons. The molecule has 2 aromatic carbocycles. The third-order valence-electron chi connectivity index (χ3n) is 3.97. The minimum absolute atomic E-state index is 0.0331. The van der Waals surface area contributed by atoms with Gasteiger partial charge in [-0.3, -0.25) is 4.79 Å². The third-order valence-corrected chi connectivity index (χ3v) is 3.97. The van der Waals surface area contributed by atoms with Gasteiger partial charge in [0.15, 0.2) is 17.5 Å². The van der Waals surface area contributed by atoms with Gasteiger partial charge in [0, 0.05) is 12.6 Å². The van der Waals surface area contributed by atoms with E-state index in [1.54, 1.807) is 0 Å². The molecule has 0 saturated carbocycles. The molecule has 1 heterocycles. The first-order valence-corrected chi connectivity index (χ1v) is 7.75. The Kier molecular flexibility index (Phi) is 5.12. The van der Waals surface area contributed by atoms with Gasteiger partial charge in [0.25, 0.3) is 5.91 Å². The molecular weight excluding hydrogens is 388 g/mol. The van der Waals surface area contributed by atoms with Crippen LogP contribution in [0.4, 0.5) is 32.0 Å². The second kappa shape index (κ2) is 7.37. The highest BCUT2D eigenvalue weighted by Gasteiger charge is 2.31. The third kappa shape index (κ3) is 3.32. The molecule has 28 heavy (non-hydrogen) atoms. The second-order valence-corrected chi connectivity index (χ2v) is 5.70. The number of hydrogen-bond donors (Lipinski definition) is 0. The topological polar surface area (TPSA) is 38.1 Å². The highest BCUT2D eigenvalue weighted by atomic mass is 19.3. The van der Waals surface area contributed by atoms with Crippen LogP contribution in [0, 0.1) is 23.4 Å². The van der Waals surface area contributed by atoms with Gasteiger partial charge in [-0.2, -0.15) is 18.3 Å². The van der Waals surface area contributed by atoms with Crippen molar-refractivity contribution in [2.45, 2.75) is 6.55 Å². The van der Waals surface area contributed by atoms with E-state index in [-0.39, 0.29) is 16.0 Å². The van der Waals surface area contributed by atoms with Crippen molar-refractivity contribution in [2.75, 3.05) is 4.90 Å². The van der Waals surface area contributed by atoms with Crippen molar-refractivity contribution in [1.29, 1.82) is 0 Å². The number of carbonyl (C=O) groups is 1. The van der Waals surface area contributed by atoms with Crippen LogP contribution < -0.4 is 4.90 Å². The monoisotopic (exact) mass is 399 g/mol. The lowest BCUT2D eigenvalue weighted by Gasteiger charge is -2.24. The minimum Gasteiger partial charge on any atom is -0.268 e. The average molecular weight is 399 g/mol. The molecule has 0 aliphatic carbocycles. The zero-order valence-corrected chi connectivity index (χ0v) is 14.1. The Morgan fingerprint density at radius 2 is 1.68 bits per heavy atom. The van der Waals surface area contributed by atoms with E-state index in [9.17, 15) is 31.1 Å². The first kappa shape index (κ1) is 19.5. The Bertz CT molecular complexity index is 1030. The lowest BCUT2D eigenvalue weighted by Crippen LogP contribution is -2.36. The van der Waals surface area contributed by atoms with Gasteiger partial charge in [-0.05, 0) is 23.8 Å². The van der Waals surface area contributed by atoms with E-state index in [0.29, 0.717) is 16.8 Å². The van der Waals surface area contributed by atoms with Crippen LogP contribution in [0.2, 0.25) is 0 Å². The Balaban J connectivity index is 2.16. The summed E-state index contributed by atoms with van der Waals surface area (Å²) in [6.45, 7) is -3.41. The fourth-order valence-electron chi connectivity index (χ4n) is 2.64. The van der Waals surface area contributed by atoms with Crippen LogP contribution in [0.3, 0.4) is 0 Å². The molecule has 0 fully saturated rings. The smallest absolute Gasteiger partial charge is 0.268 e. The molecule has 0 radical (unpaired) electrons. The number of nitrogens with zero attached hydrogens (tertiary/aromatic N) is 3. The van der Waals surface area contributed by atoms with Crippen LogP contribution in [0.5, 0.6) is 0 Å². The van der Waals surface area contributed by atoms with E-state index in [0.717, 1.165) is 12.3 Å². The van der Waals surface area contributed by atoms with Crippen molar-refractivity contribution in [2.24, 2.45) is 7.05 Å². The maximum Gasteiger partial charge on any atom is 0.321 e. The predicted molar refractivity (Wildman–Crippen MR) is 87.7 cm³/mol. The van der Waals surface area contributed by atoms with E-state index in [4.69, 9.17) is 0 Å². The summed E-state index contributed by atoms with van der Waals surface area (Å²) in [7, 11) is 1.18. The largest absolute Gasteiger partial charge is 0.321 e. The van der Waals surface area contributed by atoms with Crippen molar-refractivity contribution >= 4 is 11.6 Å². The molecular formula is C18H11F6N3O. The molecule has 0 aliphatic rings. The van der Waals surface area contributed by atoms with Crippen LogP contribution in [-0.4, -0.2) is 22.2 Å². The number of halogens is 6. The number of alkyl halides is 2. The molecule has 1 amide bonds. The van der Waals surface area contributed by atoms with Gasteiger partial charge in [0.1, 0.15) is 5.56 Å². The Morgan fingerprint density at radius 3 is 2.21 bits per heavy atom. The molecule has 0 aliphatic heterocycles. The molecule has 0 N–H and O–H groups in total. The molecule has 4 nitrogen and oxygen atoms in total. The normalized spacial score (nSPS) is 11.1. The first-order valence-electron chi connectivity index (χ1n) is 7.75. The summed E-state index contributed by atoms with van der Waals surface area (Å²) in [5.74, 6) is -7.32. The molecule has 1 aromatic heterocycles. The highest BCUT2D eigenvalue weighted by molar-refractivity contribution is 6.08. The van der Waals surface area contributed by atoms with Gasteiger partial charge in [0.05, 0.1) is 11.9 Å². The molecule has 0 spiro atoms. The number of amides is 1. The fourth-order valence-corrected chi connectivity index (χ4v) is 2.64. The summed E-state index contributed by atoms with van der Waals surface area (Å²) >= 11 is 0. The second-order valence-electron chi connectivity index (χ2n) is 5.70.